The van der Waals surface area contributed by atoms with E-state index in [-0.39, 0.29) is 0 Å². The van der Waals surface area contributed by atoms with Crippen LogP contribution in [-0.2, 0) is 0 Å². The monoisotopic (exact) mass is 226 g/mol. The van der Waals surface area contributed by atoms with Gasteiger partial charge in [0.05, 0.1) is 0 Å². The van der Waals surface area contributed by atoms with E-state index in [1.54, 1.807) is 0 Å². The van der Waals surface area contributed by atoms with Crippen LogP contribution in [0.15, 0.2) is 42.5 Å². The first-order chi connectivity index (χ1) is 8.34. The quantitative estimate of drug-likeness (QED) is 0.804. The number of benzene rings is 2. The third kappa shape index (κ3) is 2.01. The van der Waals surface area contributed by atoms with Crippen molar-refractivity contribution < 1.29 is 0 Å². The molecule has 2 heteroatoms. The van der Waals surface area contributed by atoms with E-state index in [1.165, 1.54) is 16.5 Å². The molecule has 3 rings (SSSR count). The second kappa shape index (κ2) is 4.38. The Labute approximate surface area is 102 Å². The van der Waals surface area contributed by atoms with Gasteiger partial charge in [0.1, 0.15) is 0 Å². The summed E-state index contributed by atoms with van der Waals surface area (Å²) in [6.45, 7) is 5.53. The van der Waals surface area contributed by atoms with Gasteiger partial charge in [-0.1, -0.05) is 30.3 Å². The molecule has 17 heavy (non-hydrogen) atoms. The van der Waals surface area contributed by atoms with Crippen LogP contribution in [0, 0.1) is 0 Å². The van der Waals surface area contributed by atoms with Gasteiger partial charge < -0.3 is 10.2 Å². The lowest BCUT2D eigenvalue weighted by molar-refractivity contribution is 0.501. The van der Waals surface area contributed by atoms with Crippen molar-refractivity contribution >= 4 is 16.5 Å². The zero-order valence-corrected chi connectivity index (χ0v) is 10.2. The van der Waals surface area contributed by atoms with Crippen LogP contribution in [0.2, 0.25) is 0 Å². The highest BCUT2D eigenvalue weighted by molar-refractivity contribution is 5.85. The third-order valence-electron chi connectivity index (χ3n) is 3.57. The zero-order valence-electron chi connectivity index (χ0n) is 10.2. The molecule has 0 spiro atoms. The molecule has 0 amide bonds. The molecule has 1 fully saturated rings. The zero-order chi connectivity index (χ0) is 11.7. The van der Waals surface area contributed by atoms with Crippen molar-refractivity contribution in [2.24, 2.45) is 0 Å². The minimum absolute atomic E-state index is 0.574. The van der Waals surface area contributed by atoms with E-state index in [2.05, 4.69) is 59.6 Å². The number of rotatable bonds is 1. The Bertz CT molecular complexity index is 521. The number of piperazine rings is 1. The number of nitrogens with zero attached hydrogens (tertiary/aromatic N) is 1. The second-order valence-corrected chi connectivity index (χ2v) is 4.78. The van der Waals surface area contributed by atoms with Crippen LogP contribution in [0.1, 0.15) is 6.92 Å². The molecule has 0 radical (unpaired) electrons. The molecule has 2 aromatic carbocycles. The molecule has 1 atom stereocenters. The first kappa shape index (κ1) is 10.6. The van der Waals surface area contributed by atoms with Crippen molar-refractivity contribution in [1.29, 1.82) is 0 Å². The largest absolute Gasteiger partial charge is 0.366 e. The molecule has 1 heterocycles. The molecule has 0 aliphatic carbocycles. The number of fused-ring (bicyclic) bond motifs is 1. The summed E-state index contributed by atoms with van der Waals surface area (Å²) in [6, 6.07) is 15.9. The van der Waals surface area contributed by atoms with Gasteiger partial charge in [0, 0.05) is 31.4 Å². The molecular formula is C15H18N2. The van der Waals surface area contributed by atoms with E-state index in [0.717, 1.165) is 19.6 Å². The molecule has 1 saturated heterocycles. The van der Waals surface area contributed by atoms with Crippen LogP contribution in [0.25, 0.3) is 10.8 Å². The van der Waals surface area contributed by atoms with Gasteiger partial charge in [-0.25, -0.2) is 0 Å². The Hall–Kier alpha value is -1.54. The summed E-state index contributed by atoms with van der Waals surface area (Å²) < 4.78 is 0. The molecule has 1 unspecified atom stereocenters. The van der Waals surface area contributed by atoms with Gasteiger partial charge in [0.2, 0.25) is 0 Å². The van der Waals surface area contributed by atoms with Crippen molar-refractivity contribution in [3.8, 4) is 0 Å². The maximum absolute atomic E-state index is 3.43. The van der Waals surface area contributed by atoms with Gasteiger partial charge in [-0.3, -0.25) is 0 Å². The summed E-state index contributed by atoms with van der Waals surface area (Å²) >= 11 is 0. The predicted molar refractivity (Wildman–Crippen MR) is 73.6 cm³/mol. The highest BCUT2D eigenvalue weighted by atomic mass is 15.2. The summed E-state index contributed by atoms with van der Waals surface area (Å²) in [5.74, 6) is 0. The van der Waals surface area contributed by atoms with E-state index < -0.39 is 0 Å². The summed E-state index contributed by atoms with van der Waals surface area (Å²) in [5.41, 5.74) is 1.35. The molecule has 2 aromatic rings. The van der Waals surface area contributed by atoms with E-state index in [1.807, 2.05) is 0 Å². The highest BCUT2D eigenvalue weighted by Crippen LogP contribution is 2.24. The standard InChI is InChI=1S/C15H18N2/c1-12-11-16-8-9-17(12)15-7-6-13-4-2-3-5-14(13)10-15/h2-7,10,12,16H,8-9,11H2,1H3. The lowest BCUT2D eigenvalue weighted by atomic mass is 10.1. The summed E-state index contributed by atoms with van der Waals surface area (Å²) in [7, 11) is 0. The number of nitrogens with one attached hydrogen (secondary N) is 1. The first-order valence-corrected chi connectivity index (χ1v) is 6.31. The Morgan fingerprint density at radius 2 is 1.94 bits per heavy atom. The molecule has 0 aromatic heterocycles. The Kier molecular flexibility index (Phi) is 2.73. The fraction of sp³-hybridized carbons (Fsp3) is 0.333. The second-order valence-electron chi connectivity index (χ2n) is 4.78. The van der Waals surface area contributed by atoms with Crippen molar-refractivity contribution in [2.75, 3.05) is 24.5 Å². The van der Waals surface area contributed by atoms with Crippen LogP contribution in [-0.4, -0.2) is 25.7 Å². The van der Waals surface area contributed by atoms with Gasteiger partial charge in [0.25, 0.3) is 0 Å². The van der Waals surface area contributed by atoms with Crippen molar-refractivity contribution in [1.82, 2.24) is 5.32 Å². The molecule has 2 nitrogen and oxygen atoms in total. The minimum Gasteiger partial charge on any atom is -0.366 e. The molecule has 88 valence electrons. The minimum atomic E-state index is 0.574. The molecule has 0 bridgehead atoms. The molecular weight excluding hydrogens is 208 g/mol. The normalized spacial score (nSPS) is 20.8. The van der Waals surface area contributed by atoms with Gasteiger partial charge >= 0.3 is 0 Å². The van der Waals surface area contributed by atoms with Gasteiger partial charge in [0.15, 0.2) is 0 Å². The summed E-state index contributed by atoms with van der Waals surface area (Å²) in [4.78, 5) is 2.49. The fourth-order valence-corrected chi connectivity index (χ4v) is 2.58. The molecule has 1 N–H and O–H groups in total. The van der Waals surface area contributed by atoms with Crippen LogP contribution in [0.5, 0.6) is 0 Å². The average Bonchev–Trinajstić information content (AvgIpc) is 2.39. The van der Waals surface area contributed by atoms with Crippen molar-refractivity contribution in [3.63, 3.8) is 0 Å². The maximum atomic E-state index is 3.43. The van der Waals surface area contributed by atoms with Gasteiger partial charge in [-0.2, -0.15) is 0 Å². The predicted octanol–water partition coefficient (Wildman–Crippen LogP) is 2.64. The molecule has 0 saturated carbocycles. The van der Waals surface area contributed by atoms with E-state index >= 15 is 0 Å². The lowest BCUT2D eigenvalue weighted by Crippen LogP contribution is -2.49. The summed E-state index contributed by atoms with van der Waals surface area (Å²) in [5, 5.41) is 6.08. The van der Waals surface area contributed by atoms with Gasteiger partial charge in [-0.15, -0.1) is 0 Å². The first-order valence-electron chi connectivity index (χ1n) is 6.31. The van der Waals surface area contributed by atoms with Gasteiger partial charge in [-0.05, 0) is 29.8 Å². The van der Waals surface area contributed by atoms with Crippen molar-refractivity contribution in [3.05, 3.63) is 42.5 Å². The Morgan fingerprint density at radius 1 is 1.12 bits per heavy atom. The Balaban J connectivity index is 1.99. The van der Waals surface area contributed by atoms with Crippen LogP contribution >= 0.6 is 0 Å². The number of anilines is 1. The topological polar surface area (TPSA) is 15.3 Å². The van der Waals surface area contributed by atoms with Crippen molar-refractivity contribution in [2.45, 2.75) is 13.0 Å². The third-order valence-corrected chi connectivity index (χ3v) is 3.57. The SMILES string of the molecule is CC1CNCCN1c1ccc2ccccc2c1. The maximum Gasteiger partial charge on any atom is 0.0386 e. The smallest absolute Gasteiger partial charge is 0.0386 e. The Morgan fingerprint density at radius 3 is 2.76 bits per heavy atom. The summed E-state index contributed by atoms with van der Waals surface area (Å²) in [6.07, 6.45) is 0. The van der Waals surface area contributed by atoms with Crippen LogP contribution in [0.3, 0.4) is 0 Å². The lowest BCUT2D eigenvalue weighted by Gasteiger charge is -2.36. The average molecular weight is 226 g/mol. The van der Waals surface area contributed by atoms with E-state index in [9.17, 15) is 0 Å². The van der Waals surface area contributed by atoms with E-state index in [0.29, 0.717) is 6.04 Å². The van der Waals surface area contributed by atoms with Crippen LogP contribution < -0.4 is 10.2 Å². The number of hydrogen-bond acceptors (Lipinski definition) is 2. The van der Waals surface area contributed by atoms with E-state index in [4.69, 9.17) is 0 Å². The molecule has 1 aliphatic rings. The highest BCUT2D eigenvalue weighted by Gasteiger charge is 2.17. The molecule has 1 aliphatic heterocycles. The number of hydrogen-bond donors (Lipinski definition) is 1. The fourth-order valence-electron chi connectivity index (χ4n) is 2.58. The van der Waals surface area contributed by atoms with Crippen LogP contribution in [0.4, 0.5) is 5.69 Å².